The van der Waals surface area contributed by atoms with Crippen LogP contribution < -0.4 is 5.56 Å². The molecule has 0 saturated heterocycles. The zero-order valence-electron chi connectivity index (χ0n) is 21.5. The normalized spacial score (nSPS) is 12.4. The maximum absolute atomic E-state index is 13.2. The molecule has 0 aliphatic carbocycles. The van der Waals surface area contributed by atoms with Crippen molar-refractivity contribution < 1.29 is 4.42 Å². The van der Waals surface area contributed by atoms with Gasteiger partial charge in [-0.3, -0.25) is 9.69 Å². The zero-order chi connectivity index (χ0) is 25.8. The standard InChI is InChI=1S/C29H32N6O2/c1-4-26(28-31-32-33-35(28)15-14-22-9-6-5-7-10-22)34(19-25-11-8-16-37-25)18-24-17-23-13-12-20(2)21(3)27(23)30-29(24)36/h5-13,16-17,26H,4,14-15,18-19H2,1-3H3,(H,30,36)/t26-/m1/s1. The van der Waals surface area contributed by atoms with Crippen molar-refractivity contribution in [2.45, 2.75) is 59.3 Å². The minimum atomic E-state index is -0.106. The number of nitrogens with zero attached hydrogens (tertiary/aromatic N) is 5. The molecule has 0 radical (unpaired) electrons. The average Bonchev–Trinajstić information content (AvgIpc) is 3.59. The number of benzene rings is 2. The highest BCUT2D eigenvalue weighted by Gasteiger charge is 2.26. The number of aromatic amines is 1. The maximum atomic E-state index is 13.2. The van der Waals surface area contributed by atoms with Crippen molar-refractivity contribution in [3.8, 4) is 0 Å². The van der Waals surface area contributed by atoms with Gasteiger partial charge in [0.05, 0.1) is 24.4 Å². The van der Waals surface area contributed by atoms with Crippen LogP contribution in [0.1, 0.15) is 53.2 Å². The Bertz CT molecular complexity index is 1520. The number of fused-ring (bicyclic) bond motifs is 1. The highest BCUT2D eigenvalue weighted by Crippen LogP contribution is 2.27. The van der Waals surface area contributed by atoms with E-state index in [0.717, 1.165) is 46.5 Å². The van der Waals surface area contributed by atoms with Crippen molar-refractivity contribution in [1.82, 2.24) is 30.1 Å². The van der Waals surface area contributed by atoms with E-state index < -0.39 is 0 Å². The molecule has 0 spiro atoms. The summed E-state index contributed by atoms with van der Waals surface area (Å²) in [4.78, 5) is 18.6. The van der Waals surface area contributed by atoms with Crippen molar-refractivity contribution in [2.75, 3.05) is 0 Å². The summed E-state index contributed by atoms with van der Waals surface area (Å²) in [5, 5.41) is 13.8. The van der Waals surface area contributed by atoms with Gasteiger partial charge in [0.1, 0.15) is 5.76 Å². The first-order chi connectivity index (χ1) is 18.0. The molecule has 190 valence electrons. The topological polar surface area (TPSA) is 92.8 Å². The summed E-state index contributed by atoms with van der Waals surface area (Å²) in [5.41, 5.74) is 5.00. The number of hydrogen-bond acceptors (Lipinski definition) is 6. The van der Waals surface area contributed by atoms with Crippen LogP contribution in [0.2, 0.25) is 0 Å². The molecular weight excluding hydrogens is 464 g/mol. The average molecular weight is 497 g/mol. The third kappa shape index (κ3) is 5.39. The fourth-order valence-electron chi connectivity index (χ4n) is 4.88. The Hall–Kier alpha value is -4.04. The van der Waals surface area contributed by atoms with Crippen LogP contribution in [-0.2, 0) is 26.1 Å². The van der Waals surface area contributed by atoms with Gasteiger partial charge in [-0.2, -0.15) is 0 Å². The molecule has 0 aliphatic rings. The van der Waals surface area contributed by atoms with E-state index in [1.165, 1.54) is 5.56 Å². The lowest BCUT2D eigenvalue weighted by molar-refractivity contribution is 0.148. The number of aryl methyl sites for hydroxylation is 4. The van der Waals surface area contributed by atoms with E-state index in [-0.39, 0.29) is 11.6 Å². The van der Waals surface area contributed by atoms with E-state index in [1.807, 2.05) is 48.0 Å². The number of pyridine rings is 1. The van der Waals surface area contributed by atoms with E-state index in [1.54, 1.807) is 6.26 Å². The Morgan fingerprint density at radius 1 is 1.05 bits per heavy atom. The lowest BCUT2D eigenvalue weighted by atomic mass is 10.0. The predicted octanol–water partition coefficient (Wildman–Crippen LogP) is 5.12. The van der Waals surface area contributed by atoms with Gasteiger partial charge in [0.15, 0.2) is 5.82 Å². The van der Waals surface area contributed by atoms with Gasteiger partial charge in [-0.1, -0.05) is 49.4 Å². The Morgan fingerprint density at radius 2 is 1.89 bits per heavy atom. The molecule has 0 fully saturated rings. The number of hydrogen-bond donors (Lipinski definition) is 1. The number of nitrogens with one attached hydrogen (secondary N) is 1. The minimum absolute atomic E-state index is 0.0795. The van der Waals surface area contributed by atoms with Crippen LogP contribution in [0.4, 0.5) is 0 Å². The fourth-order valence-corrected chi connectivity index (χ4v) is 4.88. The van der Waals surface area contributed by atoms with Crippen LogP contribution in [0.3, 0.4) is 0 Å². The molecule has 1 atom stereocenters. The van der Waals surface area contributed by atoms with Crippen LogP contribution in [0.15, 0.2) is 76.1 Å². The van der Waals surface area contributed by atoms with Gasteiger partial charge in [-0.15, -0.1) is 5.10 Å². The van der Waals surface area contributed by atoms with Gasteiger partial charge in [-0.05, 0) is 77.4 Å². The van der Waals surface area contributed by atoms with Crippen LogP contribution in [0, 0.1) is 13.8 Å². The molecule has 5 rings (SSSR count). The monoisotopic (exact) mass is 496 g/mol. The summed E-state index contributed by atoms with van der Waals surface area (Å²) >= 11 is 0. The molecule has 1 N–H and O–H groups in total. The lowest BCUT2D eigenvalue weighted by Gasteiger charge is -2.29. The third-order valence-corrected chi connectivity index (χ3v) is 7.08. The molecule has 0 amide bonds. The molecule has 0 saturated carbocycles. The van der Waals surface area contributed by atoms with Gasteiger partial charge in [-0.25, -0.2) is 4.68 Å². The Kier molecular flexibility index (Phi) is 7.28. The van der Waals surface area contributed by atoms with Crippen LogP contribution in [0.25, 0.3) is 10.9 Å². The number of tetrazole rings is 1. The molecule has 37 heavy (non-hydrogen) atoms. The van der Waals surface area contributed by atoms with Crippen molar-refractivity contribution in [3.05, 3.63) is 111 Å². The largest absolute Gasteiger partial charge is 0.468 e. The summed E-state index contributed by atoms with van der Waals surface area (Å²) in [5.74, 6) is 1.61. The van der Waals surface area contributed by atoms with Gasteiger partial charge in [0.2, 0.25) is 0 Å². The quantitative estimate of drug-likeness (QED) is 0.288. The lowest BCUT2D eigenvalue weighted by Crippen LogP contribution is -2.32. The first-order valence-corrected chi connectivity index (χ1v) is 12.7. The molecule has 8 nitrogen and oxygen atoms in total. The van der Waals surface area contributed by atoms with E-state index in [9.17, 15) is 4.79 Å². The number of furan rings is 1. The summed E-state index contributed by atoms with van der Waals surface area (Å²) in [6.45, 7) is 7.85. The summed E-state index contributed by atoms with van der Waals surface area (Å²) in [6, 6.07) is 20.2. The van der Waals surface area contributed by atoms with E-state index in [2.05, 4.69) is 63.5 Å². The van der Waals surface area contributed by atoms with Gasteiger partial charge >= 0.3 is 0 Å². The summed E-state index contributed by atoms with van der Waals surface area (Å²) in [7, 11) is 0. The van der Waals surface area contributed by atoms with Gasteiger partial charge in [0.25, 0.3) is 5.56 Å². The predicted molar refractivity (Wildman–Crippen MR) is 143 cm³/mol. The summed E-state index contributed by atoms with van der Waals surface area (Å²) in [6.07, 6.45) is 3.28. The Morgan fingerprint density at radius 3 is 2.65 bits per heavy atom. The fraction of sp³-hybridized carbons (Fsp3) is 0.310. The number of aromatic nitrogens is 5. The van der Waals surface area contributed by atoms with E-state index >= 15 is 0 Å². The second-order valence-electron chi connectivity index (χ2n) is 9.50. The number of rotatable bonds is 10. The molecular formula is C29H32N6O2. The van der Waals surface area contributed by atoms with Crippen LogP contribution in [-0.4, -0.2) is 30.1 Å². The van der Waals surface area contributed by atoms with E-state index in [0.29, 0.717) is 25.2 Å². The molecule has 3 heterocycles. The Balaban J connectivity index is 1.47. The molecule has 5 aromatic rings. The molecule has 0 bridgehead atoms. The minimum Gasteiger partial charge on any atom is -0.468 e. The first kappa shape index (κ1) is 24.6. The smallest absolute Gasteiger partial charge is 0.252 e. The van der Waals surface area contributed by atoms with Crippen molar-refractivity contribution in [3.63, 3.8) is 0 Å². The first-order valence-electron chi connectivity index (χ1n) is 12.7. The second kappa shape index (κ2) is 10.9. The van der Waals surface area contributed by atoms with Crippen LogP contribution in [0.5, 0.6) is 0 Å². The molecule has 2 aromatic carbocycles. The van der Waals surface area contributed by atoms with Gasteiger partial charge < -0.3 is 9.40 Å². The molecule has 0 unspecified atom stereocenters. The number of H-pyrrole nitrogens is 1. The zero-order valence-corrected chi connectivity index (χ0v) is 21.5. The van der Waals surface area contributed by atoms with E-state index in [4.69, 9.17) is 4.42 Å². The third-order valence-electron chi connectivity index (χ3n) is 7.08. The van der Waals surface area contributed by atoms with Crippen LogP contribution >= 0.6 is 0 Å². The maximum Gasteiger partial charge on any atom is 0.252 e. The SMILES string of the molecule is CC[C@H](c1nnnn1CCc1ccccc1)N(Cc1ccco1)Cc1cc2ccc(C)c(C)c2[nH]c1=O. The molecule has 3 aromatic heterocycles. The summed E-state index contributed by atoms with van der Waals surface area (Å²) < 4.78 is 7.57. The van der Waals surface area contributed by atoms with Crippen molar-refractivity contribution in [1.29, 1.82) is 0 Å². The Labute approximate surface area is 215 Å². The molecule has 8 heteroatoms. The highest BCUT2D eigenvalue weighted by atomic mass is 16.3. The molecule has 0 aliphatic heterocycles. The van der Waals surface area contributed by atoms with Crippen molar-refractivity contribution in [2.24, 2.45) is 0 Å². The highest BCUT2D eigenvalue weighted by molar-refractivity contribution is 5.83. The van der Waals surface area contributed by atoms with Gasteiger partial charge in [0, 0.05) is 18.7 Å². The second-order valence-corrected chi connectivity index (χ2v) is 9.50. The van der Waals surface area contributed by atoms with Crippen molar-refractivity contribution >= 4 is 10.9 Å².